The van der Waals surface area contributed by atoms with Crippen LogP contribution in [0.1, 0.15) is 17.5 Å². The lowest BCUT2D eigenvalue weighted by atomic mass is 10.1. The number of hydrogen-bond donors (Lipinski definition) is 1. The molecule has 5 heteroatoms. The fraction of sp³-hybridized carbons (Fsp3) is 0.348. The van der Waals surface area contributed by atoms with E-state index in [0.717, 1.165) is 47.4 Å². The van der Waals surface area contributed by atoms with E-state index in [1.165, 1.54) is 5.56 Å². The Morgan fingerprint density at radius 3 is 2.64 bits per heavy atom. The number of hydrogen-bond acceptors (Lipinski definition) is 5. The Hall–Kier alpha value is -2.63. The van der Waals surface area contributed by atoms with Gasteiger partial charge in [0.2, 0.25) is 5.88 Å². The highest BCUT2D eigenvalue weighted by molar-refractivity contribution is 5.79. The number of benzene rings is 2. The average Bonchev–Trinajstić information content (AvgIpc) is 2.67. The molecule has 148 valence electrons. The van der Waals surface area contributed by atoms with Crippen LogP contribution in [0.25, 0.3) is 10.9 Å². The number of aryl methyl sites for hydroxylation is 1. The van der Waals surface area contributed by atoms with E-state index in [-0.39, 0.29) is 0 Å². The Bertz CT molecular complexity index is 925. The zero-order chi connectivity index (χ0) is 19.9. The van der Waals surface area contributed by atoms with Crippen molar-refractivity contribution in [3.63, 3.8) is 0 Å². The first-order valence-corrected chi connectivity index (χ1v) is 9.71. The zero-order valence-electron chi connectivity index (χ0n) is 16.9. The molecule has 0 aliphatic carbocycles. The summed E-state index contributed by atoms with van der Waals surface area (Å²) in [6.07, 6.45) is 1.87. The quantitative estimate of drug-likeness (QED) is 0.566. The SMILES string of the molecule is Cc1cc(OCCCN(C)C)ccc1Oc1ccc2cc(CCN)ccc2n1. The summed E-state index contributed by atoms with van der Waals surface area (Å²) in [5.74, 6) is 2.23. The van der Waals surface area contributed by atoms with Crippen molar-refractivity contribution in [2.75, 3.05) is 33.8 Å². The average molecular weight is 380 g/mol. The van der Waals surface area contributed by atoms with Crippen LogP contribution in [-0.2, 0) is 6.42 Å². The summed E-state index contributed by atoms with van der Waals surface area (Å²) in [5.41, 5.74) is 8.80. The van der Waals surface area contributed by atoms with Crippen LogP contribution in [0, 0.1) is 6.92 Å². The fourth-order valence-electron chi connectivity index (χ4n) is 3.05. The smallest absolute Gasteiger partial charge is 0.219 e. The third-order valence-electron chi connectivity index (χ3n) is 4.54. The van der Waals surface area contributed by atoms with Gasteiger partial charge in [-0.25, -0.2) is 4.98 Å². The summed E-state index contributed by atoms with van der Waals surface area (Å²) in [6.45, 7) is 4.38. The van der Waals surface area contributed by atoms with E-state index in [1.807, 2.05) is 43.3 Å². The van der Waals surface area contributed by atoms with Gasteiger partial charge in [0.05, 0.1) is 12.1 Å². The molecule has 1 aromatic heterocycles. The highest BCUT2D eigenvalue weighted by Gasteiger charge is 2.06. The van der Waals surface area contributed by atoms with Gasteiger partial charge in [0.25, 0.3) is 0 Å². The lowest BCUT2D eigenvalue weighted by Gasteiger charge is -2.13. The topological polar surface area (TPSA) is 60.6 Å². The molecule has 5 nitrogen and oxygen atoms in total. The number of nitrogens with zero attached hydrogens (tertiary/aromatic N) is 2. The molecule has 0 radical (unpaired) electrons. The minimum atomic E-state index is 0.585. The van der Waals surface area contributed by atoms with Crippen molar-refractivity contribution in [1.82, 2.24) is 9.88 Å². The summed E-state index contributed by atoms with van der Waals surface area (Å²) in [5, 5.41) is 1.09. The molecular weight excluding hydrogens is 350 g/mol. The minimum Gasteiger partial charge on any atom is -0.494 e. The molecule has 3 aromatic rings. The van der Waals surface area contributed by atoms with Gasteiger partial charge in [0, 0.05) is 18.0 Å². The molecule has 0 saturated carbocycles. The third-order valence-corrected chi connectivity index (χ3v) is 4.54. The monoisotopic (exact) mass is 379 g/mol. The Morgan fingerprint density at radius 1 is 1.04 bits per heavy atom. The summed E-state index contributed by atoms with van der Waals surface area (Å²) in [7, 11) is 4.13. The van der Waals surface area contributed by atoms with Crippen LogP contribution in [0.15, 0.2) is 48.5 Å². The summed E-state index contributed by atoms with van der Waals surface area (Å²) >= 11 is 0. The molecule has 0 saturated heterocycles. The van der Waals surface area contributed by atoms with Crippen molar-refractivity contribution in [3.05, 3.63) is 59.7 Å². The van der Waals surface area contributed by atoms with E-state index < -0.39 is 0 Å². The Morgan fingerprint density at radius 2 is 1.89 bits per heavy atom. The van der Waals surface area contributed by atoms with E-state index in [9.17, 15) is 0 Å². The number of pyridine rings is 1. The molecule has 0 atom stereocenters. The number of rotatable bonds is 9. The number of nitrogens with two attached hydrogens (primary N) is 1. The second kappa shape index (κ2) is 9.53. The van der Waals surface area contributed by atoms with Gasteiger partial charge in [-0.2, -0.15) is 0 Å². The van der Waals surface area contributed by atoms with Crippen LogP contribution in [0.2, 0.25) is 0 Å². The van der Waals surface area contributed by atoms with Gasteiger partial charge >= 0.3 is 0 Å². The van der Waals surface area contributed by atoms with Gasteiger partial charge in [-0.3, -0.25) is 0 Å². The highest BCUT2D eigenvalue weighted by atomic mass is 16.5. The molecule has 1 heterocycles. The van der Waals surface area contributed by atoms with E-state index >= 15 is 0 Å². The summed E-state index contributed by atoms with van der Waals surface area (Å²) < 4.78 is 11.8. The molecule has 2 N–H and O–H groups in total. The van der Waals surface area contributed by atoms with Gasteiger partial charge in [-0.15, -0.1) is 0 Å². The maximum atomic E-state index is 6.01. The lowest BCUT2D eigenvalue weighted by Crippen LogP contribution is -2.15. The van der Waals surface area contributed by atoms with Crippen LogP contribution in [0.4, 0.5) is 0 Å². The van der Waals surface area contributed by atoms with Crippen LogP contribution in [0.5, 0.6) is 17.4 Å². The first-order valence-electron chi connectivity index (χ1n) is 9.71. The maximum Gasteiger partial charge on any atom is 0.219 e. The van der Waals surface area contributed by atoms with E-state index in [4.69, 9.17) is 15.2 Å². The van der Waals surface area contributed by atoms with E-state index in [0.29, 0.717) is 19.0 Å². The molecule has 28 heavy (non-hydrogen) atoms. The number of ether oxygens (including phenoxy) is 2. The molecule has 0 aliphatic rings. The lowest BCUT2D eigenvalue weighted by molar-refractivity contribution is 0.281. The predicted molar refractivity (Wildman–Crippen MR) is 114 cm³/mol. The van der Waals surface area contributed by atoms with Crippen molar-refractivity contribution in [1.29, 1.82) is 0 Å². The molecule has 0 aliphatic heterocycles. The Balaban J connectivity index is 1.66. The van der Waals surface area contributed by atoms with Crippen molar-refractivity contribution in [3.8, 4) is 17.4 Å². The second-order valence-electron chi connectivity index (χ2n) is 7.25. The van der Waals surface area contributed by atoms with Crippen LogP contribution >= 0.6 is 0 Å². The predicted octanol–water partition coefficient (Wildman–Crippen LogP) is 4.17. The molecule has 0 amide bonds. The van der Waals surface area contributed by atoms with Crippen LogP contribution in [-0.4, -0.2) is 43.7 Å². The first-order chi connectivity index (χ1) is 13.5. The second-order valence-corrected chi connectivity index (χ2v) is 7.25. The molecule has 0 bridgehead atoms. The van der Waals surface area contributed by atoms with E-state index in [1.54, 1.807) is 0 Å². The van der Waals surface area contributed by atoms with Crippen molar-refractivity contribution >= 4 is 10.9 Å². The summed E-state index contributed by atoms with van der Waals surface area (Å²) in [4.78, 5) is 6.78. The molecule has 0 spiro atoms. The van der Waals surface area contributed by atoms with Gasteiger partial charge in [-0.05, 0) is 87.9 Å². The van der Waals surface area contributed by atoms with Gasteiger partial charge in [-0.1, -0.05) is 6.07 Å². The van der Waals surface area contributed by atoms with Gasteiger partial charge < -0.3 is 20.1 Å². The van der Waals surface area contributed by atoms with E-state index in [2.05, 4.69) is 36.1 Å². The van der Waals surface area contributed by atoms with Crippen molar-refractivity contribution in [2.24, 2.45) is 5.73 Å². The third kappa shape index (κ3) is 5.44. The Labute approximate surface area is 167 Å². The minimum absolute atomic E-state index is 0.585. The fourth-order valence-corrected chi connectivity index (χ4v) is 3.05. The molecule has 0 unspecified atom stereocenters. The maximum absolute atomic E-state index is 6.01. The first kappa shape index (κ1) is 20.1. The van der Waals surface area contributed by atoms with Crippen LogP contribution < -0.4 is 15.2 Å². The zero-order valence-corrected chi connectivity index (χ0v) is 16.9. The van der Waals surface area contributed by atoms with Gasteiger partial charge in [0.1, 0.15) is 11.5 Å². The molecule has 0 fully saturated rings. The molecular formula is C23H29N3O2. The van der Waals surface area contributed by atoms with Gasteiger partial charge in [0.15, 0.2) is 0 Å². The van der Waals surface area contributed by atoms with Crippen molar-refractivity contribution < 1.29 is 9.47 Å². The Kier molecular flexibility index (Phi) is 6.85. The highest BCUT2D eigenvalue weighted by Crippen LogP contribution is 2.28. The number of fused-ring (bicyclic) bond motifs is 1. The van der Waals surface area contributed by atoms with Crippen LogP contribution in [0.3, 0.4) is 0 Å². The standard InChI is InChI=1S/C23H29N3O2/c1-17-15-20(27-14-4-13-26(2)3)7-9-22(17)28-23-10-6-19-16-18(11-12-24)5-8-21(19)25-23/h5-10,15-16H,4,11-14,24H2,1-3H3. The molecule has 3 rings (SSSR count). The largest absolute Gasteiger partial charge is 0.494 e. The number of aromatic nitrogens is 1. The van der Waals surface area contributed by atoms with Crippen molar-refractivity contribution in [2.45, 2.75) is 19.8 Å². The summed E-state index contributed by atoms with van der Waals surface area (Å²) in [6, 6.07) is 16.0. The normalized spacial score (nSPS) is 11.2. The molecule has 2 aromatic carbocycles.